The van der Waals surface area contributed by atoms with Crippen molar-refractivity contribution in [3.05, 3.63) is 23.8 Å². The maximum Gasteiger partial charge on any atom is 0.211 e. The zero-order valence-corrected chi connectivity index (χ0v) is 7.38. The highest BCUT2D eigenvalue weighted by atomic mass is 16.3. The lowest BCUT2D eigenvalue weighted by Crippen LogP contribution is -2.21. The van der Waals surface area contributed by atoms with Crippen LogP contribution in [0, 0.1) is 0 Å². The van der Waals surface area contributed by atoms with E-state index in [0.717, 1.165) is 0 Å². The van der Waals surface area contributed by atoms with Gasteiger partial charge in [-0.1, -0.05) is 0 Å². The van der Waals surface area contributed by atoms with E-state index < -0.39 is 0 Å². The monoisotopic (exact) mass is 193 g/mol. The fraction of sp³-hybridized carbons (Fsp3) is 0. The summed E-state index contributed by atoms with van der Waals surface area (Å²) in [6, 6.07) is 4.50. The molecule has 0 atom stereocenters. The molecule has 0 unspecified atom stereocenters. The summed E-state index contributed by atoms with van der Waals surface area (Å²) in [4.78, 5) is 0. The molecule has 1 aromatic carbocycles. The van der Waals surface area contributed by atoms with Crippen molar-refractivity contribution in [2.75, 3.05) is 5.73 Å². The molecule has 0 aromatic heterocycles. The summed E-state index contributed by atoms with van der Waals surface area (Å²) in [5.74, 6) is -0.0367. The summed E-state index contributed by atoms with van der Waals surface area (Å²) >= 11 is 0. The average Bonchev–Trinajstić information content (AvgIpc) is 2.10. The van der Waals surface area contributed by atoms with Gasteiger partial charge in [0.15, 0.2) is 0 Å². The van der Waals surface area contributed by atoms with Crippen molar-refractivity contribution < 1.29 is 5.11 Å². The van der Waals surface area contributed by atoms with E-state index in [9.17, 15) is 0 Å². The first-order valence-corrected chi connectivity index (χ1v) is 3.80. The van der Waals surface area contributed by atoms with Crippen molar-refractivity contribution in [3.8, 4) is 5.75 Å². The summed E-state index contributed by atoms with van der Waals surface area (Å²) in [5, 5.41) is 16.1. The van der Waals surface area contributed by atoms with E-state index in [4.69, 9.17) is 22.3 Å². The summed E-state index contributed by atoms with van der Waals surface area (Å²) in [6.07, 6.45) is 1.36. The predicted molar refractivity (Wildman–Crippen MR) is 55.9 cm³/mol. The van der Waals surface area contributed by atoms with Gasteiger partial charge in [0.2, 0.25) is 5.96 Å². The van der Waals surface area contributed by atoms with Gasteiger partial charge in [0.25, 0.3) is 0 Å². The average molecular weight is 193 g/mol. The molecule has 0 aliphatic heterocycles. The third-order valence-electron chi connectivity index (χ3n) is 1.44. The second-order valence-electron chi connectivity index (χ2n) is 2.58. The van der Waals surface area contributed by atoms with E-state index in [1.807, 2.05) is 0 Å². The van der Waals surface area contributed by atoms with Gasteiger partial charge in [0.1, 0.15) is 5.75 Å². The van der Waals surface area contributed by atoms with Crippen molar-refractivity contribution in [2.24, 2.45) is 21.7 Å². The Kier molecular flexibility index (Phi) is 2.90. The van der Waals surface area contributed by atoms with Gasteiger partial charge >= 0.3 is 0 Å². The Morgan fingerprint density at radius 2 is 2.07 bits per heavy atom. The van der Waals surface area contributed by atoms with Crippen molar-refractivity contribution >= 4 is 17.9 Å². The lowest BCUT2D eigenvalue weighted by atomic mass is 10.2. The highest BCUT2D eigenvalue weighted by Crippen LogP contribution is 2.16. The van der Waals surface area contributed by atoms with E-state index in [2.05, 4.69) is 10.2 Å². The number of benzene rings is 1. The maximum atomic E-state index is 9.14. The molecule has 0 aliphatic carbocycles. The molecule has 0 spiro atoms. The van der Waals surface area contributed by atoms with Gasteiger partial charge in [-0.3, -0.25) is 0 Å². The number of anilines is 1. The van der Waals surface area contributed by atoms with Gasteiger partial charge in [-0.05, 0) is 18.2 Å². The third-order valence-corrected chi connectivity index (χ3v) is 1.44. The third kappa shape index (κ3) is 2.67. The minimum absolute atomic E-state index is 0.102. The number of nitrogens with two attached hydrogens (primary N) is 3. The standard InChI is InChI=1S/C8H11N5O/c9-7-2-1-6(14)3-5(7)4-12-13-8(10)11/h1-4,14H,9H2,(H4,10,11,13)/b12-4+. The van der Waals surface area contributed by atoms with E-state index in [-0.39, 0.29) is 11.7 Å². The normalized spacial score (nSPS) is 10.3. The van der Waals surface area contributed by atoms with Gasteiger partial charge in [-0.15, -0.1) is 5.10 Å². The van der Waals surface area contributed by atoms with E-state index in [0.29, 0.717) is 11.3 Å². The maximum absolute atomic E-state index is 9.14. The van der Waals surface area contributed by atoms with Gasteiger partial charge < -0.3 is 22.3 Å². The number of aromatic hydroxyl groups is 1. The minimum atomic E-state index is -0.139. The Labute approximate surface area is 80.7 Å². The Balaban J connectivity index is 2.91. The smallest absolute Gasteiger partial charge is 0.211 e. The number of nitrogen functional groups attached to an aromatic ring is 1. The van der Waals surface area contributed by atoms with Crippen molar-refractivity contribution in [1.82, 2.24) is 0 Å². The molecular formula is C8H11N5O. The lowest BCUT2D eigenvalue weighted by Gasteiger charge is -1.98. The Bertz CT molecular complexity index is 381. The van der Waals surface area contributed by atoms with Crippen LogP contribution >= 0.6 is 0 Å². The van der Waals surface area contributed by atoms with Crippen LogP contribution in [0.4, 0.5) is 5.69 Å². The molecule has 0 bridgehead atoms. The van der Waals surface area contributed by atoms with Crippen LogP contribution in [0.15, 0.2) is 28.4 Å². The molecule has 0 radical (unpaired) electrons. The van der Waals surface area contributed by atoms with Gasteiger partial charge in [-0.25, -0.2) is 0 Å². The SMILES string of the molecule is NC(N)=N/N=C/c1cc(O)ccc1N. The van der Waals surface area contributed by atoms with Crippen LogP contribution in [0.1, 0.15) is 5.56 Å². The quantitative estimate of drug-likeness (QED) is 0.167. The summed E-state index contributed by atoms with van der Waals surface area (Å²) in [6.45, 7) is 0. The number of phenols is 1. The number of hydrogen-bond donors (Lipinski definition) is 4. The molecule has 1 aromatic rings. The number of hydrogen-bond acceptors (Lipinski definition) is 4. The van der Waals surface area contributed by atoms with Gasteiger partial charge in [0, 0.05) is 11.3 Å². The minimum Gasteiger partial charge on any atom is -0.508 e. The second kappa shape index (κ2) is 4.13. The van der Waals surface area contributed by atoms with Gasteiger partial charge in [-0.2, -0.15) is 5.10 Å². The molecule has 6 nitrogen and oxygen atoms in total. The largest absolute Gasteiger partial charge is 0.508 e. The number of nitrogens with zero attached hydrogens (tertiary/aromatic N) is 2. The van der Waals surface area contributed by atoms with Crippen LogP contribution in [-0.4, -0.2) is 17.3 Å². The van der Waals surface area contributed by atoms with Crippen molar-refractivity contribution in [3.63, 3.8) is 0 Å². The van der Waals surface area contributed by atoms with Crippen LogP contribution < -0.4 is 17.2 Å². The Morgan fingerprint density at radius 1 is 1.36 bits per heavy atom. The van der Waals surface area contributed by atoms with Gasteiger partial charge in [0.05, 0.1) is 6.21 Å². The molecular weight excluding hydrogens is 182 g/mol. The Hall–Kier alpha value is -2.24. The summed E-state index contributed by atoms with van der Waals surface area (Å²) in [7, 11) is 0. The fourth-order valence-corrected chi connectivity index (χ4v) is 0.832. The molecule has 0 saturated carbocycles. The predicted octanol–water partition coefficient (Wildman–Crippen LogP) is -0.418. The first-order valence-electron chi connectivity index (χ1n) is 3.80. The van der Waals surface area contributed by atoms with E-state index >= 15 is 0 Å². The first-order chi connectivity index (χ1) is 6.59. The van der Waals surface area contributed by atoms with E-state index in [1.165, 1.54) is 18.3 Å². The van der Waals surface area contributed by atoms with Crippen LogP contribution in [0.5, 0.6) is 5.75 Å². The number of rotatable bonds is 2. The zero-order chi connectivity index (χ0) is 10.6. The molecule has 74 valence electrons. The van der Waals surface area contributed by atoms with Crippen LogP contribution in [0.2, 0.25) is 0 Å². The molecule has 0 heterocycles. The van der Waals surface area contributed by atoms with Crippen molar-refractivity contribution in [1.29, 1.82) is 0 Å². The Morgan fingerprint density at radius 3 is 2.71 bits per heavy atom. The highest BCUT2D eigenvalue weighted by molar-refractivity contribution is 5.88. The zero-order valence-electron chi connectivity index (χ0n) is 7.38. The van der Waals surface area contributed by atoms with Crippen LogP contribution in [0.25, 0.3) is 0 Å². The highest BCUT2D eigenvalue weighted by Gasteiger charge is 1.96. The number of guanidine groups is 1. The molecule has 6 heteroatoms. The molecule has 0 amide bonds. The molecule has 0 fully saturated rings. The molecule has 0 aliphatic rings. The fourth-order valence-electron chi connectivity index (χ4n) is 0.832. The van der Waals surface area contributed by atoms with E-state index in [1.54, 1.807) is 6.07 Å². The lowest BCUT2D eigenvalue weighted by molar-refractivity contribution is 0.475. The second-order valence-corrected chi connectivity index (χ2v) is 2.58. The first kappa shape index (κ1) is 9.85. The molecule has 0 saturated heterocycles. The molecule has 1 rings (SSSR count). The van der Waals surface area contributed by atoms with Crippen LogP contribution in [0.3, 0.4) is 0 Å². The summed E-state index contributed by atoms with van der Waals surface area (Å²) in [5.41, 5.74) is 16.7. The van der Waals surface area contributed by atoms with Crippen LogP contribution in [-0.2, 0) is 0 Å². The van der Waals surface area contributed by atoms with Crippen molar-refractivity contribution in [2.45, 2.75) is 0 Å². The molecule has 14 heavy (non-hydrogen) atoms. The summed E-state index contributed by atoms with van der Waals surface area (Å²) < 4.78 is 0. The molecule has 7 N–H and O–H groups in total. The topological polar surface area (TPSA) is 123 Å². The number of phenolic OH excluding ortho intramolecular Hbond substituents is 1.